The standard InChI is InChI=1S/C16H27IN2O5Si/c1-16(2,3)25(5,6)24-12-10(9-17)23-14(13(12)22-4)19-8-7-11(20)18-15(19)21/h7-8,10,12-14H,9H2,1-6H3,(H,18,20,21)/t10-,12?,13-,14-/m1/s1. The Morgan fingerprint density at radius 3 is 2.44 bits per heavy atom. The lowest BCUT2D eigenvalue weighted by Crippen LogP contribution is -2.50. The topological polar surface area (TPSA) is 82.6 Å². The van der Waals surface area contributed by atoms with E-state index in [-0.39, 0.29) is 17.2 Å². The maximum absolute atomic E-state index is 12.2. The number of alkyl halides is 1. The summed E-state index contributed by atoms with van der Waals surface area (Å²) < 4.78 is 20.4. The van der Waals surface area contributed by atoms with Crippen LogP contribution >= 0.6 is 22.6 Å². The Balaban J connectivity index is 2.38. The first kappa shape index (κ1) is 20.8. The molecule has 2 rings (SSSR count). The van der Waals surface area contributed by atoms with Gasteiger partial charge in [0.15, 0.2) is 14.5 Å². The molecule has 1 fully saturated rings. The summed E-state index contributed by atoms with van der Waals surface area (Å²) in [6.07, 6.45) is -0.0897. The Labute approximate surface area is 162 Å². The highest BCUT2D eigenvalue weighted by atomic mass is 127. The van der Waals surface area contributed by atoms with Crippen LogP contribution < -0.4 is 11.2 Å². The van der Waals surface area contributed by atoms with Crippen molar-refractivity contribution in [3.63, 3.8) is 0 Å². The van der Waals surface area contributed by atoms with E-state index in [4.69, 9.17) is 13.9 Å². The van der Waals surface area contributed by atoms with E-state index >= 15 is 0 Å². The van der Waals surface area contributed by atoms with Crippen LogP contribution in [0.2, 0.25) is 18.1 Å². The molecule has 7 nitrogen and oxygen atoms in total. The van der Waals surface area contributed by atoms with Crippen molar-refractivity contribution in [2.45, 2.75) is 63.4 Å². The number of rotatable bonds is 5. The molecule has 4 atom stereocenters. The van der Waals surface area contributed by atoms with Crippen LogP contribution in [0.1, 0.15) is 27.0 Å². The van der Waals surface area contributed by atoms with Gasteiger partial charge in [-0.1, -0.05) is 43.4 Å². The minimum Gasteiger partial charge on any atom is -0.408 e. The van der Waals surface area contributed by atoms with Gasteiger partial charge in [0.2, 0.25) is 0 Å². The predicted octanol–water partition coefficient (Wildman–Crippen LogP) is 2.27. The molecule has 1 saturated heterocycles. The minimum absolute atomic E-state index is 0.0496. The third-order valence-electron chi connectivity index (χ3n) is 5.07. The van der Waals surface area contributed by atoms with Crippen LogP contribution in [0.15, 0.2) is 21.9 Å². The molecule has 0 aromatic carbocycles. The van der Waals surface area contributed by atoms with Gasteiger partial charge in [-0.2, -0.15) is 0 Å². The Morgan fingerprint density at radius 2 is 1.96 bits per heavy atom. The zero-order valence-corrected chi connectivity index (χ0v) is 18.7. The molecule has 25 heavy (non-hydrogen) atoms. The number of H-pyrrole nitrogens is 1. The highest BCUT2D eigenvalue weighted by Gasteiger charge is 2.50. The molecule has 0 aliphatic carbocycles. The van der Waals surface area contributed by atoms with Gasteiger partial charge in [0.25, 0.3) is 5.56 Å². The second-order valence-electron chi connectivity index (χ2n) is 7.78. The van der Waals surface area contributed by atoms with E-state index in [2.05, 4.69) is 61.4 Å². The lowest BCUT2D eigenvalue weighted by molar-refractivity contribution is -0.0502. The third-order valence-corrected chi connectivity index (χ3v) is 10.4. The van der Waals surface area contributed by atoms with E-state index in [0.29, 0.717) is 4.43 Å². The Kier molecular flexibility index (Phi) is 6.35. The molecule has 1 aliphatic rings. The number of nitrogens with zero attached hydrogens (tertiary/aromatic N) is 1. The molecule has 1 unspecified atom stereocenters. The quantitative estimate of drug-likeness (QED) is 0.396. The minimum atomic E-state index is -2.05. The molecular weight excluding hydrogens is 455 g/mol. The van der Waals surface area contributed by atoms with Crippen LogP contribution in [0.4, 0.5) is 0 Å². The number of nitrogens with one attached hydrogen (secondary N) is 1. The number of hydrogen-bond donors (Lipinski definition) is 1. The van der Waals surface area contributed by atoms with Gasteiger partial charge in [-0.05, 0) is 18.1 Å². The summed E-state index contributed by atoms with van der Waals surface area (Å²) in [5.74, 6) is 0. The first-order valence-electron chi connectivity index (χ1n) is 8.25. The molecule has 142 valence electrons. The highest BCUT2D eigenvalue weighted by molar-refractivity contribution is 14.1. The van der Waals surface area contributed by atoms with Gasteiger partial charge in [0.05, 0.1) is 6.10 Å². The fourth-order valence-corrected chi connectivity index (χ4v) is 4.62. The molecule has 1 aromatic heterocycles. The van der Waals surface area contributed by atoms with Crippen LogP contribution in [0.5, 0.6) is 0 Å². The molecule has 1 aromatic rings. The lowest BCUT2D eigenvalue weighted by Gasteiger charge is -2.40. The Hall–Kier alpha value is -0.493. The summed E-state index contributed by atoms with van der Waals surface area (Å²) in [5, 5.41) is 0.0496. The maximum atomic E-state index is 12.2. The van der Waals surface area contributed by atoms with Crippen LogP contribution in [0.25, 0.3) is 0 Å². The summed E-state index contributed by atoms with van der Waals surface area (Å²) in [7, 11) is -0.455. The monoisotopic (exact) mass is 482 g/mol. The van der Waals surface area contributed by atoms with Crippen molar-refractivity contribution in [1.82, 2.24) is 9.55 Å². The first-order chi connectivity index (χ1) is 11.5. The maximum Gasteiger partial charge on any atom is 0.330 e. The van der Waals surface area contributed by atoms with E-state index in [0.717, 1.165) is 0 Å². The zero-order valence-electron chi connectivity index (χ0n) is 15.5. The van der Waals surface area contributed by atoms with Gasteiger partial charge in [-0.3, -0.25) is 14.3 Å². The molecular formula is C16H27IN2O5Si. The number of halogens is 1. The summed E-state index contributed by atoms with van der Waals surface area (Å²) in [5.41, 5.74) is -0.951. The number of methoxy groups -OCH3 is 1. The van der Waals surface area contributed by atoms with E-state index in [1.165, 1.54) is 16.8 Å². The van der Waals surface area contributed by atoms with Crippen LogP contribution in [-0.2, 0) is 13.9 Å². The number of aromatic amines is 1. The molecule has 0 saturated carbocycles. The van der Waals surface area contributed by atoms with Crippen molar-refractivity contribution in [2.24, 2.45) is 0 Å². The summed E-state index contributed by atoms with van der Waals surface area (Å²) >= 11 is 2.26. The second kappa shape index (κ2) is 7.63. The van der Waals surface area contributed by atoms with E-state index in [1.807, 2.05) is 0 Å². The van der Waals surface area contributed by atoms with Crippen molar-refractivity contribution in [3.05, 3.63) is 33.1 Å². The van der Waals surface area contributed by atoms with Crippen molar-refractivity contribution in [3.8, 4) is 0 Å². The van der Waals surface area contributed by atoms with Crippen molar-refractivity contribution >= 4 is 30.9 Å². The SMILES string of the molecule is CO[C@@H]1C(O[Si](C)(C)C(C)(C)C)[C@@H](CI)O[C@H]1n1ccc(=O)[nH]c1=O. The van der Waals surface area contributed by atoms with Gasteiger partial charge in [0.1, 0.15) is 12.2 Å². The number of hydrogen-bond acceptors (Lipinski definition) is 5. The molecule has 0 radical (unpaired) electrons. The summed E-state index contributed by atoms with van der Waals surface area (Å²) in [4.78, 5) is 25.8. The van der Waals surface area contributed by atoms with E-state index in [9.17, 15) is 9.59 Å². The summed E-state index contributed by atoms with van der Waals surface area (Å²) in [6, 6.07) is 1.30. The van der Waals surface area contributed by atoms with Gasteiger partial charge in [-0.25, -0.2) is 4.79 Å². The van der Waals surface area contributed by atoms with Crippen LogP contribution in [0, 0.1) is 0 Å². The largest absolute Gasteiger partial charge is 0.408 e. The Morgan fingerprint density at radius 1 is 1.32 bits per heavy atom. The fourth-order valence-electron chi connectivity index (χ4n) is 2.59. The molecule has 1 aliphatic heterocycles. The lowest BCUT2D eigenvalue weighted by atomic mass is 10.1. The summed E-state index contributed by atoms with van der Waals surface area (Å²) in [6.45, 7) is 10.9. The molecule has 1 N–H and O–H groups in total. The first-order valence-corrected chi connectivity index (χ1v) is 12.7. The highest BCUT2D eigenvalue weighted by Crippen LogP contribution is 2.42. The average molecular weight is 482 g/mol. The molecule has 0 amide bonds. The van der Waals surface area contributed by atoms with Gasteiger partial charge >= 0.3 is 5.69 Å². The van der Waals surface area contributed by atoms with E-state index in [1.54, 1.807) is 7.11 Å². The van der Waals surface area contributed by atoms with Crippen molar-refractivity contribution in [2.75, 3.05) is 11.5 Å². The van der Waals surface area contributed by atoms with Gasteiger partial charge in [0, 0.05) is 23.8 Å². The zero-order chi connectivity index (χ0) is 19.0. The molecule has 0 bridgehead atoms. The van der Waals surface area contributed by atoms with Gasteiger partial charge in [-0.15, -0.1) is 0 Å². The fraction of sp³-hybridized carbons (Fsp3) is 0.750. The molecule has 0 spiro atoms. The number of ether oxygens (including phenoxy) is 2. The number of aromatic nitrogens is 2. The van der Waals surface area contributed by atoms with Crippen molar-refractivity contribution in [1.29, 1.82) is 0 Å². The van der Waals surface area contributed by atoms with Crippen molar-refractivity contribution < 1.29 is 13.9 Å². The second-order valence-corrected chi connectivity index (χ2v) is 13.4. The van der Waals surface area contributed by atoms with Crippen LogP contribution in [0.3, 0.4) is 0 Å². The van der Waals surface area contributed by atoms with Gasteiger partial charge < -0.3 is 13.9 Å². The molecule has 9 heteroatoms. The normalized spacial score (nSPS) is 27.6. The predicted molar refractivity (Wildman–Crippen MR) is 107 cm³/mol. The average Bonchev–Trinajstić information content (AvgIpc) is 2.82. The third kappa shape index (κ3) is 4.26. The van der Waals surface area contributed by atoms with Crippen LogP contribution in [-0.4, -0.2) is 47.7 Å². The molecule has 2 heterocycles. The smallest absolute Gasteiger partial charge is 0.330 e. The van der Waals surface area contributed by atoms with E-state index < -0.39 is 31.9 Å². The Bertz CT molecular complexity index is 711.